The molecule has 7 nitrogen and oxygen atoms in total. The van der Waals surface area contributed by atoms with E-state index in [1.807, 2.05) is 48.2 Å². The summed E-state index contributed by atoms with van der Waals surface area (Å²) in [5.41, 5.74) is 2.32. The van der Waals surface area contributed by atoms with Crippen molar-refractivity contribution in [1.82, 2.24) is 10.2 Å². The lowest BCUT2D eigenvalue weighted by atomic mass is 9.87. The molecule has 4 rings (SSSR count). The molecule has 1 spiro atoms. The van der Waals surface area contributed by atoms with E-state index in [0.717, 1.165) is 22.6 Å². The van der Waals surface area contributed by atoms with Gasteiger partial charge in [0.05, 0.1) is 13.7 Å². The van der Waals surface area contributed by atoms with Crippen LogP contribution in [0.4, 0.5) is 0 Å². The Kier molecular flexibility index (Phi) is 6.37. The Morgan fingerprint density at radius 2 is 1.94 bits per heavy atom. The van der Waals surface area contributed by atoms with Crippen molar-refractivity contribution in [3.8, 4) is 17.2 Å². The number of likely N-dealkylation sites (tertiary alicyclic amines) is 1. The standard InChI is InChI=1S/C25H31N3O4/c1-4-32-19-10-8-18(9-11-19)21-16-22(20-6-5-7-23(31-3)24(20)30)27-25(26-21)12-14-28(15-13-25)17(2)29/h5-11,22,27,30H,4,12-16H2,1-3H3. The number of carbonyl (C=O) groups is 1. The molecule has 2 heterocycles. The first-order valence-corrected chi connectivity index (χ1v) is 11.2. The predicted molar refractivity (Wildman–Crippen MR) is 124 cm³/mol. The third-order valence-corrected chi connectivity index (χ3v) is 6.35. The van der Waals surface area contributed by atoms with Crippen LogP contribution in [0.5, 0.6) is 17.2 Å². The van der Waals surface area contributed by atoms with Crippen LogP contribution in [-0.2, 0) is 4.79 Å². The van der Waals surface area contributed by atoms with Gasteiger partial charge in [-0.3, -0.25) is 15.1 Å². The molecule has 1 saturated heterocycles. The highest BCUT2D eigenvalue weighted by atomic mass is 16.5. The van der Waals surface area contributed by atoms with Crippen LogP contribution in [-0.4, -0.2) is 54.1 Å². The Balaban J connectivity index is 1.69. The minimum atomic E-state index is -0.488. The summed E-state index contributed by atoms with van der Waals surface area (Å²) in [6.07, 6.45) is 2.07. The summed E-state index contributed by atoms with van der Waals surface area (Å²) in [5.74, 6) is 1.53. The molecule has 2 N–H and O–H groups in total. The second kappa shape index (κ2) is 9.20. The van der Waals surface area contributed by atoms with Crippen molar-refractivity contribution in [2.24, 2.45) is 4.99 Å². The van der Waals surface area contributed by atoms with Gasteiger partial charge in [0.2, 0.25) is 5.91 Å². The lowest BCUT2D eigenvalue weighted by Crippen LogP contribution is -2.56. The summed E-state index contributed by atoms with van der Waals surface area (Å²) in [4.78, 5) is 18.9. The minimum Gasteiger partial charge on any atom is -0.504 e. The average Bonchev–Trinajstić information content (AvgIpc) is 2.80. The minimum absolute atomic E-state index is 0.0911. The molecule has 0 aromatic heterocycles. The molecule has 7 heteroatoms. The maximum Gasteiger partial charge on any atom is 0.219 e. The van der Waals surface area contributed by atoms with E-state index in [0.29, 0.717) is 44.7 Å². The number of methoxy groups -OCH3 is 1. The fourth-order valence-electron chi connectivity index (χ4n) is 4.62. The molecule has 170 valence electrons. The number of para-hydroxylation sites is 1. The van der Waals surface area contributed by atoms with Crippen LogP contribution in [0.3, 0.4) is 0 Å². The quantitative estimate of drug-likeness (QED) is 0.746. The van der Waals surface area contributed by atoms with Crippen molar-refractivity contribution in [3.05, 3.63) is 53.6 Å². The van der Waals surface area contributed by atoms with Crippen molar-refractivity contribution < 1.29 is 19.4 Å². The van der Waals surface area contributed by atoms with Crippen LogP contribution < -0.4 is 14.8 Å². The number of hydrogen-bond acceptors (Lipinski definition) is 6. The topological polar surface area (TPSA) is 83.4 Å². The monoisotopic (exact) mass is 437 g/mol. The largest absolute Gasteiger partial charge is 0.504 e. The Morgan fingerprint density at radius 3 is 2.56 bits per heavy atom. The number of aliphatic imine (C=N–C) groups is 1. The summed E-state index contributed by atoms with van der Waals surface area (Å²) in [5, 5.41) is 14.5. The zero-order valence-corrected chi connectivity index (χ0v) is 18.9. The van der Waals surface area contributed by atoms with Gasteiger partial charge >= 0.3 is 0 Å². The normalized spacial score (nSPS) is 20.0. The van der Waals surface area contributed by atoms with Gasteiger partial charge in [-0.05, 0) is 42.8 Å². The number of carbonyl (C=O) groups excluding carboxylic acids is 1. The third-order valence-electron chi connectivity index (χ3n) is 6.35. The van der Waals surface area contributed by atoms with E-state index < -0.39 is 5.66 Å². The number of hydrogen-bond donors (Lipinski definition) is 2. The summed E-state index contributed by atoms with van der Waals surface area (Å²) in [6.45, 7) is 5.50. The van der Waals surface area contributed by atoms with Crippen LogP contribution in [0.25, 0.3) is 0 Å². The molecule has 1 atom stereocenters. The lowest BCUT2D eigenvalue weighted by molar-refractivity contribution is -0.130. The van der Waals surface area contributed by atoms with Crippen LogP contribution in [0.2, 0.25) is 0 Å². The molecule has 1 fully saturated rings. The fourth-order valence-corrected chi connectivity index (χ4v) is 4.62. The van der Waals surface area contributed by atoms with Gasteiger partial charge in [0.25, 0.3) is 0 Å². The molecule has 2 aliphatic rings. The first-order valence-electron chi connectivity index (χ1n) is 11.2. The van der Waals surface area contributed by atoms with Crippen molar-refractivity contribution in [2.75, 3.05) is 26.8 Å². The van der Waals surface area contributed by atoms with E-state index in [4.69, 9.17) is 14.5 Å². The summed E-state index contributed by atoms with van der Waals surface area (Å²) in [6, 6.07) is 13.4. The first kappa shape index (κ1) is 22.1. The van der Waals surface area contributed by atoms with Gasteiger partial charge in [-0.25, -0.2) is 0 Å². The molecule has 32 heavy (non-hydrogen) atoms. The van der Waals surface area contributed by atoms with Crippen molar-refractivity contribution in [1.29, 1.82) is 0 Å². The molecule has 0 bridgehead atoms. The SMILES string of the molecule is CCOc1ccc(C2=NC3(CCN(C(C)=O)CC3)NC(c3cccc(OC)c3O)C2)cc1. The zero-order chi connectivity index (χ0) is 22.7. The van der Waals surface area contributed by atoms with Gasteiger partial charge in [0, 0.05) is 56.6 Å². The number of aromatic hydroxyl groups is 1. The molecule has 0 saturated carbocycles. The predicted octanol–water partition coefficient (Wildman–Crippen LogP) is 3.66. The third kappa shape index (κ3) is 4.43. The maximum atomic E-state index is 11.9. The molecule has 2 aromatic carbocycles. The summed E-state index contributed by atoms with van der Waals surface area (Å²) >= 11 is 0. The molecule has 1 unspecified atom stereocenters. The van der Waals surface area contributed by atoms with Gasteiger partial charge in [-0.15, -0.1) is 0 Å². The summed E-state index contributed by atoms with van der Waals surface area (Å²) < 4.78 is 10.9. The van der Waals surface area contributed by atoms with E-state index in [9.17, 15) is 9.90 Å². The Bertz CT molecular complexity index is 995. The zero-order valence-electron chi connectivity index (χ0n) is 18.9. The molecule has 2 aliphatic heterocycles. The number of phenolic OH excluding ortho intramolecular Hbond substituents is 1. The van der Waals surface area contributed by atoms with Crippen LogP contribution in [0.1, 0.15) is 50.3 Å². The van der Waals surface area contributed by atoms with E-state index in [2.05, 4.69) is 5.32 Å². The van der Waals surface area contributed by atoms with Crippen molar-refractivity contribution in [2.45, 2.75) is 44.8 Å². The first-order chi connectivity index (χ1) is 15.4. The second-order valence-corrected chi connectivity index (χ2v) is 8.35. The fraction of sp³-hybridized carbons (Fsp3) is 0.440. The highest BCUT2D eigenvalue weighted by Gasteiger charge is 2.41. The number of nitrogens with one attached hydrogen (secondary N) is 1. The number of ether oxygens (including phenoxy) is 2. The van der Waals surface area contributed by atoms with Crippen LogP contribution in [0.15, 0.2) is 47.5 Å². The van der Waals surface area contributed by atoms with Gasteiger partial charge in [0.15, 0.2) is 11.5 Å². The Hall–Kier alpha value is -3.06. The molecular formula is C25H31N3O4. The van der Waals surface area contributed by atoms with Gasteiger partial charge in [-0.1, -0.05) is 12.1 Å². The molecule has 1 amide bonds. The maximum absolute atomic E-state index is 11.9. The molecular weight excluding hydrogens is 406 g/mol. The smallest absolute Gasteiger partial charge is 0.219 e. The van der Waals surface area contributed by atoms with Gasteiger partial charge in [-0.2, -0.15) is 0 Å². The van der Waals surface area contributed by atoms with Crippen LogP contribution in [0, 0.1) is 0 Å². The second-order valence-electron chi connectivity index (χ2n) is 8.35. The number of rotatable bonds is 5. The number of piperidine rings is 1. The van der Waals surface area contributed by atoms with Gasteiger partial charge in [0.1, 0.15) is 11.4 Å². The molecule has 0 aliphatic carbocycles. The van der Waals surface area contributed by atoms with E-state index in [-0.39, 0.29) is 17.7 Å². The van der Waals surface area contributed by atoms with Crippen LogP contribution >= 0.6 is 0 Å². The van der Waals surface area contributed by atoms with Crippen molar-refractivity contribution in [3.63, 3.8) is 0 Å². The van der Waals surface area contributed by atoms with Gasteiger partial charge < -0.3 is 19.5 Å². The Labute approximate surface area is 189 Å². The molecule has 2 aromatic rings. The van der Waals surface area contributed by atoms with E-state index >= 15 is 0 Å². The number of nitrogens with zero attached hydrogens (tertiary/aromatic N) is 2. The summed E-state index contributed by atoms with van der Waals surface area (Å²) in [7, 11) is 1.55. The highest BCUT2D eigenvalue weighted by Crippen LogP contribution is 2.40. The van der Waals surface area contributed by atoms with E-state index in [1.165, 1.54) is 0 Å². The lowest BCUT2D eigenvalue weighted by Gasteiger charge is -2.45. The number of phenols is 1. The number of amides is 1. The van der Waals surface area contributed by atoms with Crippen molar-refractivity contribution >= 4 is 11.6 Å². The number of benzene rings is 2. The molecule has 0 radical (unpaired) electrons. The Morgan fingerprint density at radius 1 is 1.22 bits per heavy atom. The average molecular weight is 438 g/mol. The highest BCUT2D eigenvalue weighted by molar-refractivity contribution is 6.02. The van der Waals surface area contributed by atoms with E-state index in [1.54, 1.807) is 20.1 Å².